The third-order valence-electron chi connectivity index (χ3n) is 3.17. The summed E-state index contributed by atoms with van der Waals surface area (Å²) in [5.41, 5.74) is 1.32. The predicted octanol–water partition coefficient (Wildman–Crippen LogP) is 3.45. The minimum absolute atomic E-state index is 0.0905. The van der Waals surface area contributed by atoms with Crippen molar-refractivity contribution in [3.63, 3.8) is 0 Å². The van der Waals surface area contributed by atoms with E-state index < -0.39 is 0 Å². The van der Waals surface area contributed by atoms with Gasteiger partial charge >= 0.3 is 0 Å². The first-order chi connectivity index (χ1) is 8.17. The fourth-order valence-corrected chi connectivity index (χ4v) is 1.87. The van der Waals surface area contributed by atoms with Gasteiger partial charge in [-0.05, 0) is 25.8 Å². The topological polar surface area (TPSA) is 27.0 Å². The van der Waals surface area contributed by atoms with Crippen LogP contribution >= 0.6 is 0 Å². The van der Waals surface area contributed by atoms with Crippen LogP contribution < -0.4 is 0 Å². The van der Waals surface area contributed by atoms with Crippen molar-refractivity contribution in [2.45, 2.75) is 39.8 Å². The summed E-state index contributed by atoms with van der Waals surface area (Å²) < 4.78 is 0. The van der Waals surface area contributed by atoms with Crippen LogP contribution in [0, 0.1) is 17.2 Å². The van der Waals surface area contributed by atoms with Gasteiger partial charge in [0.25, 0.3) is 0 Å². The van der Waals surface area contributed by atoms with Gasteiger partial charge in [0.1, 0.15) is 0 Å². The van der Waals surface area contributed by atoms with E-state index in [9.17, 15) is 0 Å². The van der Waals surface area contributed by atoms with Crippen LogP contribution in [0.15, 0.2) is 30.3 Å². The summed E-state index contributed by atoms with van der Waals surface area (Å²) in [4.78, 5) is 2.39. The molecule has 0 aliphatic rings. The second kappa shape index (κ2) is 7.09. The van der Waals surface area contributed by atoms with Crippen molar-refractivity contribution in [3.8, 4) is 6.07 Å². The monoisotopic (exact) mass is 230 g/mol. The highest BCUT2D eigenvalue weighted by molar-refractivity contribution is 5.14. The Bertz CT molecular complexity index is 353. The molecule has 1 aromatic rings. The second-order valence-electron chi connectivity index (χ2n) is 4.70. The Morgan fingerprint density at radius 2 is 1.88 bits per heavy atom. The van der Waals surface area contributed by atoms with Crippen molar-refractivity contribution >= 4 is 0 Å². The van der Waals surface area contributed by atoms with Crippen LogP contribution in [0.2, 0.25) is 0 Å². The van der Waals surface area contributed by atoms with Crippen LogP contribution in [0.1, 0.15) is 32.8 Å². The molecular weight excluding hydrogens is 208 g/mol. The molecule has 0 aliphatic carbocycles. The number of hydrogen-bond acceptors (Lipinski definition) is 2. The maximum absolute atomic E-state index is 8.93. The minimum atomic E-state index is 0.0905. The largest absolute Gasteiger partial charge is 0.295 e. The zero-order chi connectivity index (χ0) is 12.7. The Balaban J connectivity index is 2.67. The molecule has 17 heavy (non-hydrogen) atoms. The molecule has 0 N–H and O–H groups in total. The number of nitriles is 1. The molecule has 0 spiro atoms. The van der Waals surface area contributed by atoms with Gasteiger partial charge in [0.15, 0.2) is 0 Å². The standard InChI is InChI=1S/C15H22N2/c1-4-14(3)17(11-13(2)10-16)12-15-8-6-5-7-9-15/h5-9,13-14H,4,11-12H2,1-3H3. The van der Waals surface area contributed by atoms with E-state index in [1.165, 1.54) is 5.56 Å². The van der Waals surface area contributed by atoms with Gasteiger partial charge in [-0.3, -0.25) is 4.90 Å². The van der Waals surface area contributed by atoms with Crippen LogP contribution in [0.3, 0.4) is 0 Å². The first-order valence-corrected chi connectivity index (χ1v) is 6.35. The lowest BCUT2D eigenvalue weighted by atomic mass is 10.1. The van der Waals surface area contributed by atoms with E-state index in [1.54, 1.807) is 0 Å². The van der Waals surface area contributed by atoms with Gasteiger partial charge in [0.05, 0.1) is 12.0 Å². The summed E-state index contributed by atoms with van der Waals surface area (Å²) in [5, 5.41) is 8.93. The first kappa shape index (κ1) is 13.7. The summed E-state index contributed by atoms with van der Waals surface area (Å²) >= 11 is 0. The van der Waals surface area contributed by atoms with Crippen molar-refractivity contribution in [2.24, 2.45) is 5.92 Å². The molecule has 2 heteroatoms. The Morgan fingerprint density at radius 3 is 2.41 bits per heavy atom. The van der Waals surface area contributed by atoms with E-state index in [0.29, 0.717) is 6.04 Å². The number of rotatable bonds is 6. The second-order valence-corrected chi connectivity index (χ2v) is 4.70. The van der Waals surface area contributed by atoms with Crippen molar-refractivity contribution in [1.29, 1.82) is 5.26 Å². The predicted molar refractivity (Wildman–Crippen MR) is 71.4 cm³/mol. The van der Waals surface area contributed by atoms with Crippen molar-refractivity contribution in [3.05, 3.63) is 35.9 Å². The molecule has 0 aromatic heterocycles. The van der Waals surface area contributed by atoms with Crippen molar-refractivity contribution < 1.29 is 0 Å². The van der Waals surface area contributed by atoms with E-state index in [-0.39, 0.29) is 5.92 Å². The minimum Gasteiger partial charge on any atom is -0.295 e. The first-order valence-electron chi connectivity index (χ1n) is 6.35. The Labute approximate surface area is 105 Å². The van der Waals surface area contributed by atoms with E-state index >= 15 is 0 Å². The van der Waals surface area contributed by atoms with Gasteiger partial charge in [-0.2, -0.15) is 5.26 Å². The van der Waals surface area contributed by atoms with Gasteiger partial charge in [0.2, 0.25) is 0 Å². The lowest BCUT2D eigenvalue weighted by molar-refractivity contribution is 0.181. The molecule has 2 unspecified atom stereocenters. The smallest absolute Gasteiger partial charge is 0.0666 e. The number of hydrogen-bond donors (Lipinski definition) is 0. The molecule has 2 atom stereocenters. The summed E-state index contributed by atoms with van der Waals surface area (Å²) in [5.74, 6) is 0.0905. The van der Waals surface area contributed by atoms with Gasteiger partial charge in [-0.15, -0.1) is 0 Å². The lowest BCUT2D eigenvalue weighted by Gasteiger charge is -2.29. The Kier molecular flexibility index (Phi) is 5.72. The maximum Gasteiger partial charge on any atom is 0.0666 e. The fourth-order valence-electron chi connectivity index (χ4n) is 1.87. The molecular formula is C15H22N2. The molecule has 0 aliphatic heterocycles. The van der Waals surface area contributed by atoms with Crippen molar-refractivity contribution in [2.75, 3.05) is 6.54 Å². The van der Waals surface area contributed by atoms with Crippen LogP contribution in [0.25, 0.3) is 0 Å². The molecule has 0 amide bonds. The van der Waals surface area contributed by atoms with E-state index in [4.69, 9.17) is 5.26 Å². The van der Waals surface area contributed by atoms with E-state index in [0.717, 1.165) is 19.5 Å². The van der Waals surface area contributed by atoms with Gasteiger partial charge < -0.3 is 0 Å². The van der Waals surface area contributed by atoms with Crippen molar-refractivity contribution in [1.82, 2.24) is 4.90 Å². The average Bonchev–Trinajstić information content (AvgIpc) is 2.38. The summed E-state index contributed by atoms with van der Waals surface area (Å²) in [6.07, 6.45) is 1.12. The Hall–Kier alpha value is -1.33. The zero-order valence-electron chi connectivity index (χ0n) is 11.1. The molecule has 1 aromatic carbocycles. The third-order valence-corrected chi connectivity index (χ3v) is 3.17. The average molecular weight is 230 g/mol. The molecule has 2 nitrogen and oxygen atoms in total. The van der Waals surface area contributed by atoms with Gasteiger partial charge in [0, 0.05) is 19.1 Å². The summed E-state index contributed by atoms with van der Waals surface area (Å²) in [7, 11) is 0. The molecule has 0 radical (unpaired) electrons. The quantitative estimate of drug-likeness (QED) is 0.748. The molecule has 92 valence electrons. The van der Waals surface area contributed by atoms with Crippen LogP contribution in [-0.4, -0.2) is 17.5 Å². The van der Waals surface area contributed by atoms with Gasteiger partial charge in [-0.25, -0.2) is 0 Å². The highest BCUT2D eigenvalue weighted by Crippen LogP contribution is 2.12. The zero-order valence-corrected chi connectivity index (χ0v) is 11.1. The molecule has 0 fully saturated rings. The van der Waals surface area contributed by atoms with E-state index in [1.807, 2.05) is 13.0 Å². The summed E-state index contributed by atoms with van der Waals surface area (Å²) in [6.45, 7) is 8.19. The highest BCUT2D eigenvalue weighted by Gasteiger charge is 2.15. The molecule has 0 saturated carbocycles. The third kappa shape index (κ3) is 4.58. The molecule has 1 rings (SSSR count). The van der Waals surface area contributed by atoms with Crippen LogP contribution in [-0.2, 0) is 6.54 Å². The SMILES string of the molecule is CCC(C)N(Cc1ccccc1)CC(C)C#N. The highest BCUT2D eigenvalue weighted by atomic mass is 15.1. The number of benzene rings is 1. The molecule has 0 bridgehead atoms. The van der Waals surface area contributed by atoms with E-state index in [2.05, 4.69) is 49.1 Å². The molecule has 0 heterocycles. The van der Waals surface area contributed by atoms with Gasteiger partial charge in [-0.1, -0.05) is 37.3 Å². The number of nitrogens with zero attached hydrogens (tertiary/aromatic N) is 2. The lowest BCUT2D eigenvalue weighted by Crippen LogP contribution is -2.35. The van der Waals surface area contributed by atoms with Crippen LogP contribution in [0.4, 0.5) is 0 Å². The summed E-state index contributed by atoms with van der Waals surface area (Å²) in [6, 6.07) is 13.3. The maximum atomic E-state index is 8.93. The fraction of sp³-hybridized carbons (Fsp3) is 0.533. The molecule has 0 saturated heterocycles. The normalized spacial score (nSPS) is 14.3. The Morgan fingerprint density at radius 1 is 1.24 bits per heavy atom. The van der Waals surface area contributed by atoms with Crippen LogP contribution in [0.5, 0.6) is 0 Å².